The molecule has 0 amide bonds. The van der Waals surface area contributed by atoms with Crippen molar-refractivity contribution in [3.05, 3.63) is 36.5 Å². The zero-order valence-electron chi connectivity index (χ0n) is 22.9. The van der Waals surface area contributed by atoms with E-state index in [0.29, 0.717) is 23.3 Å². The molecule has 8 aliphatic heterocycles. The highest BCUT2D eigenvalue weighted by molar-refractivity contribution is 8.01. The molecule has 9 bridgehead atoms. The van der Waals surface area contributed by atoms with Crippen LogP contribution in [0.4, 0.5) is 17.2 Å². The molecule has 1 saturated carbocycles. The predicted molar refractivity (Wildman–Crippen MR) is 159 cm³/mol. The summed E-state index contributed by atoms with van der Waals surface area (Å²) >= 11 is 1.84. The van der Waals surface area contributed by atoms with Crippen LogP contribution in [0.15, 0.2) is 40.9 Å². The maximum absolute atomic E-state index is 6.36. The van der Waals surface area contributed by atoms with Gasteiger partial charge in [-0.3, -0.25) is 4.90 Å². The molecule has 10 heterocycles. The van der Waals surface area contributed by atoms with Gasteiger partial charge in [0.15, 0.2) is 0 Å². The smallest absolute Gasteiger partial charge is 0.250 e. The Morgan fingerprint density at radius 3 is 2.52 bits per heavy atom. The van der Waals surface area contributed by atoms with Crippen LogP contribution in [0.25, 0.3) is 22.9 Å². The second kappa shape index (κ2) is 10.2. The Kier molecular flexibility index (Phi) is 6.37. The summed E-state index contributed by atoms with van der Waals surface area (Å²) in [6.07, 6.45) is 9.29. The third-order valence-electron chi connectivity index (χ3n) is 9.32. The Morgan fingerprint density at radius 1 is 0.875 bits per heavy atom. The molecule has 0 unspecified atom stereocenters. The van der Waals surface area contributed by atoms with Gasteiger partial charge in [0.25, 0.3) is 0 Å². The molecule has 2 aromatic heterocycles. The van der Waals surface area contributed by atoms with E-state index in [1.807, 2.05) is 24.2 Å². The first-order chi connectivity index (χ1) is 19.7. The SMILES string of the molecule is c1cc2cc(n1)N1CCC(CC1)OCCN1CC3(CCN(CC3)c3cc(NSC4CC4)ccc3-c3nnc-2o3)C1. The van der Waals surface area contributed by atoms with E-state index in [1.165, 1.54) is 44.5 Å². The summed E-state index contributed by atoms with van der Waals surface area (Å²) < 4.78 is 16.3. The molecule has 3 aromatic rings. The first-order valence-electron chi connectivity index (χ1n) is 14.9. The lowest BCUT2D eigenvalue weighted by molar-refractivity contribution is -0.0471. The van der Waals surface area contributed by atoms with Crippen LogP contribution in [0.3, 0.4) is 0 Å². The number of nitrogens with one attached hydrogen (secondary N) is 1. The molecule has 0 radical (unpaired) electrons. The van der Waals surface area contributed by atoms with Gasteiger partial charge in [-0.05, 0) is 86.2 Å². The Balaban J connectivity index is 1.13. The second-order valence-corrected chi connectivity index (χ2v) is 13.3. The van der Waals surface area contributed by atoms with Gasteiger partial charge in [-0.15, -0.1) is 10.2 Å². The van der Waals surface area contributed by atoms with Gasteiger partial charge in [-0.25, -0.2) is 4.98 Å². The standard InChI is InChI=1S/C30H37N7O2S/c1-4-25-26(18-22(1)34-40-24-2-3-24)36-13-8-30(9-14-36)19-35(20-30)15-16-38-23-6-11-37(12-7-23)27-17-21(5-10-31-27)28-32-33-29(25)39-28/h1,4-5,10,17-18,23-24,34H,2-3,6-9,11-16,19-20H2. The van der Waals surface area contributed by atoms with Crippen molar-refractivity contribution < 1.29 is 9.15 Å². The van der Waals surface area contributed by atoms with Crippen LogP contribution in [-0.2, 0) is 4.74 Å². The van der Waals surface area contributed by atoms with Gasteiger partial charge >= 0.3 is 0 Å². The Hall–Kier alpha value is -2.82. The number of anilines is 3. The fourth-order valence-electron chi connectivity index (χ4n) is 6.75. The number of rotatable bonds is 3. The Morgan fingerprint density at radius 2 is 1.70 bits per heavy atom. The molecule has 10 heteroatoms. The maximum atomic E-state index is 6.36. The van der Waals surface area contributed by atoms with E-state index in [4.69, 9.17) is 9.15 Å². The highest BCUT2D eigenvalue weighted by Crippen LogP contribution is 2.44. The highest BCUT2D eigenvalue weighted by atomic mass is 32.2. The quantitative estimate of drug-likeness (QED) is 0.447. The van der Waals surface area contributed by atoms with E-state index in [2.05, 4.69) is 58.9 Å². The lowest BCUT2D eigenvalue weighted by Crippen LogP contribution is -2.60. The summed E-state index contributed by atoms with van der Waals surface area (Å²) in [4.78, 5) is 12.1. The minimum absolute atomic E-state index is 0.339. The lowest BCUT2D eigenvalue weighted by Gasteiger charge is -2.54. The Bertz CT molecular complexity index is 1350. The van der Waals surface area contributed by atoms with Gasteiger partial charge in [-0.2, -0.15) is 0 Å². The number of piperidine rings is 2. The number of nitrogens with zero attached hydrogens (tertiary/aromatic N) is 6. The Labute approximate surface area is 239 Å². The summed E-state index contributed by atoms with van der Waals surface area (Å²) in [7, 11) is 0. The van der Waals surface area contributed by atoms with Crippen molar-refractivity contribution in [2.75, 3.05) is 66.9 Å². The monoisotopic (exact) mass is 559 g/mol. The molecular formula is C30H37N7O2S. The number of pyridine rings is 1. The molecule has 1 aromatic carbocycles. The van der Waals surface area contributed by atoms with Crippen molar-refractivity contribution in [2.24, 2.45) is 5.41 Å². The van der Waals surface area contributed by atoms with Crippen molar-refractivity contribution in [1.29, 1.82) is 0 Å². The molecule has 1 spiro atoms. The number of aromatic nitrogens is 3. The largest absolute Gasteiger partial charge is 0.416 e. The highest BCUT2D eigenvalue weighted by Gasteiger charge is 2.44. The molecule has 3 saturated heterocycles. The van der Waals surface area contributed by atoms with Crippen molar-refractivity contribution >= 4 is 29.1 Å². The van der Waals surface area contributed by atoms with E-state index < -0.39 is 0 Å². The number of ether oxygens (including phenoxy) is 1. The molecule has 12 rings (SSSR count). The summed E-state index contributed by atoms with van der Waals surface area (Å²) in [5.74, 6) is 2.07. The number of benzene rings is 1. The minimum atomic E-state index is 0.339. The van der Waals surface area contributed by atoms with Crippen molar-refractivity contribution in [3.63, 3.8) is 0 Å². The molecule has 9 nitrogen and oxygen atoms in total. The fraction of sp³-hybridized carbons (Fsp3) is 0.567. The summed E-state index contributed by atoms with van der Waals surface area (Å²) in [5, 5.41) is 9.77. The topological polar surface area (TPSA) is 82.8 Å². The molecule has 9 aliphatic rings. The van der Waals surface area contributed by atoms with Gasteiger partial charge in [0.2, 0.25) is 11.8 Å². The predicted octanol–water partition coefficient (Wildman–Crippen LogP) is 4.92. The molecule has 1 N–H and O–H groups in total. The van der Waals surface area contributed by atoms with Crippen molar-refractivity contribution in [1.82, 2.24) is 20.1 Å². The maximum Gasteiger partial charge on any atom is 0.250 e. The van der Waals surface area contributed by atoms with Crippen LogP contribution in [0, 0.1) is 5.41 Å². The first-order valence-corrected chi connectivity index (χ1v) is 15.8. The van der Waals surface area contributed by atoms with Gasteiger partial charge < -0.3 is 23.7 Å². The third kappa shape index (κ3) is 4.94. The lowest BCUT2D eigenvalue weighted by atomic mass is 9.72. The van der Waals surface area contributed by atoms with Gasteiger partial charge in [-0.1, -0.05) is 0 Å². The summed E-state index contributed by atoms with van der Waals surface area (Å²) in [6.45, 7) is 8.26. The zero-order chi connectivity index (χ0) is 26.5. The van der Waals surface area contributed by atoms with Crippen LogP contribution < -0.4 is 14.5 Å². The van der Waals surface area contributed by atoms with E-state index in [9.17, 15) is 0 Å². The molecular weight excluding hydrogens is 522 g/mol. The number of hydrogen-bond donors (Lipinski definition) is 1. The summed E-state index contributed by atoms with van der Waals surface area (Å²) in [6, 6.07) is 10.6. The van der Waals surface area contributed by atoms with E-state index in [-0.39, 0.29) is 0 Å². The van der Waals surface area contributed by atoms with Gasteiger partial charge in [0.05, 0.1) is 24.0 Å². The molecule has 0 atom stereocenters. The molecule has 210 valence electrons. The molecule has 1 aliphatic carbocycles. The van der Waals surface area contributed by atoms with E-state index in [1.54, 1.807) is 0 Å². The van der Waals surface area contributed by atoms with Crippen molar-refractivity contribution in [2.45, 2.75) is 49.9 Å². The zero-order valence-corrected chi connectivity index (χ0v) is 23.7. The normalized spacial score (nSPS) is 28.0. The average Bonchev–Trinajstić information content (AvgIpc) is 3.69. The molecule has 40 heavy (non-hydrogen) atoms. The van der Waals surface area contributed by atoms with E-state index in [0.717, 1.165) is 80.1 Å². The van der Waals surface area contributed by atoms with Crippen LogP contribution in [0.2, 0.25) is 0 Å². The average molecular weight is 560 g/mol. The van der Waals surface area contributed by atoms with Gasteiger partial charge in [0.1, 0.15) is 5.82 Å². The van der Waals surface area contributed by atoms with Crippen molar-refractivity contribution in [3.8, 4) is 22.9 Å². The van der Waals surface area contributed by atoms with Gasteiger partial charge in [0, 0.05) is 68.5 Å². The van der Waals surface area contributed by atoms with Crippen LogP contribution in [0.5, 0.6) is 0 Å². The van der Waals surface area contributed by atoms with Crippen LogP contribution in [0.1, 0.15) is 38.5 Å². The number of hydrogen-bond acceptors (Lipinski definition) is 10. The van der Waals surface area contributed by atoms with Crippen LogP contribution in [-0.4, -0.2) is 83.9 Å². The third-order valence-corrected chi connectivity index (χ3v) is 10.5. The fourth-order valence-corrected chi connectivity index (χ4v) is 7.55. The first kappa shape index (κ1) is 24.9. The van der Waals surface area contributed by atoms with Crippen LogP contribution >= 0.6 is 11.9 Å². The summed E-state index contributed by atoms with van der Waals surface area (Å²) in [5.41, 5.74) is 4.68. The minimum Gasteiger partial charge on any atom is -0.416 e. The second-order valence-electron chi connectivity index (χ2n) is 12.2. The molecule has 4 fully saturated rings. The van der Waals surface area contributed by atoms with E-state index >= 15 is 0 Å².